The van der Waals surface area contributed by atoms with Crippen molar-refractivity contribution in [2.75, 3.05) is 6.26 Å². The summed E-state index contributed by atoms with van der Waals surface area (Å²) in [7, 11) is 0. The van der Waals surface area contributed by atoms with Crippen molar-refractivity contribution in [3.05, 3.63) is 131 Å². The van der Waals surface area contributed by atoms with E-state index in [-0.39, 0.29) is 24.0 Å². The quantitative estimate of drug-likeness (QED) is 0.107. The van der Waals surface area contributed by atoms with Gasteiger partial charge in [0.1, 0.15) is 12.4 Å². The first-order chi connectivity index (χ1) is 20.6. The lowest BCUT2D eigenvalue weighted by molar-refractivity contribution is -0.384. The number of thiazole rings is 1. The zero-order chi connectivity index (χ0) is 30.7. The highest BCUT2D eigenvalue weighted by Crippen LogP contribution is 2.32. The number of carbonyl (C=O) groups excluding carboxylic acids is 1. The second kappa shape index (κ2) is 12.8. The Hall–Kier alpha value is -4.48. The Labute approximate surface area is 256 Å². The number of ether oxygens (including phenoxy) is 2. The molecule has 0 bridgehead atoms. The zero-order valence-electron chi connectivity index (χ0n) is 24.0. The first kappa shape index (κ1) is 30.0. The van der Waals surface area contributed by atoms with Gasteiger partial charge in [0, 0.05) is 17.0 Å². The third kappa shape index (κ3) is 6.63. The number of hydrogen-bond donors (Lipinski definition) is 0. The molecule has 0 amide bonds. The van der Waals surface area contributed by atoms with E-state index in [1.807, 2.05) is 48.7 Å². The summed E-state index contributed by atoms with van der Waals surface area (Å²) >= 11 is 2.87. The van der Waals surface area contributed by atoms with Crippen molar-refractivity contribution < 1.29 is 19.2 Å². The van der Waals surface area contributed by atoms with Gasteiger partial charge in [-0.1, -0.05) is 35.6 Å². The molecule has 9 nitrogen and oxygen atoms in total. The molecule has 0 saturated heterocycles. The highest BCUT2D eigenvalue weighted by atomic mass is 32.2. The van der Waals surface area contributed by atoms with Gasteiger partial charge in [0.05, 0.1) is 32.9 Å². The first-order valence-electron chi connectivity index (χ1n) is 13.5. The van der Waals surface area contributed by atoms with E-state index >= 15 is 0 Å². The molecule has 220 valence electrons. The van der Waals surface area contributed by atoms with Crippen molar-refractivity contribution in [1.29, 1.82) is 0 Å². The van der Waals surface area contributed by atoms with Gasteiger partial charge in [-0.3, -0.25) is 19.5 Å². The fourth-order valence-electron chi connectivity index (χ4n) is 4.69. The van der Waals surface area contributed by atoms with E-state index in [9.17, 15) is 19.7 Å². The standard InChI is InChI=1S/C32H29N3O6S2/c1-19(2)41-31(37)28-20(3)33-32-34(29(28)23-10-14-26(42-4)15-11-23)30(36)27(43-32)17-22-6-5-7-25(16-22)40-18-21-8-12-24(13-9-21)35(38)39/h5-17,19,29H,18H2,1-4H3/b27-17-/t29-/m0/s1. The molecule has 4 aromatic rings. The number of fused-ring (bicyclic) bond motifs is 1. The smallest absolute Gasteiger partial charge is 0.338 e. The molecule has 1 aromatic heterocycles. The molecular formula is C32H29N3O6S2. The zero-order valence-corrected chi connectivity index (χ0v) is 25.6. The number of non-ortho nitro benzene ring substituents is 1. The number of carbonyl (C=O) groups is 1. The lowest BCUT2D eigenvalue weighted by atomic mass is 9.96. The van der Waals surface area contributed by atoms with Gasteiger partial charge in [-0.05, 0) is 86.2 Å². The van der Waals surface area contributed by atoms with Gasteiger partial charge in [0.25, 0.3) is 11.2 Å². The number of aromatic nitrogens is 1. The lowest BCUT2D eigenvalue weighted by Crippen LogP contribution is -2.40. The van der Waals surface area contributed by atoms with Crippen molar-refractivity contribution >= 4 is 40.8 Å². The van der Waals surface area contributed by atoms with E-state index in [1.165, 1.54) is 23.5 Å². The number of hydrogen-bond acceptors (Lipinski definition) is 9. The predicted octanol–water partition coefficient (Wildman–Crippen LogP) is 5.40. The number of benzene rings is 3. The molecule has 0 fully saturated rings. The van der Waals surface area contributed by atoms with Gasteiger partial charge in [-0.25, -0.2) is 9.79 Å². The van der Waals surface area contributed by atoms with Crippen molar-refractivity contribution in [2.45, 2.75) is 44.4 Å². The van der Waals surface area contributed by atoms with E-state index in [0.717, 1.165) is 21.6 Å². The number of rotatable bonds is 9. The molecule has 0 aliphatic carbocycles. The number of thioether (sulfide) groups is 1. The van der Waals surface area contributed by atoms with Crippen LogP contribution in [0.3, 0.4) is 0 Å². The third-order valence-corrected chi connectivity index (χ3v) is 8.45. The Morgan fingerprint density at radius 1 is 1.14 bits per heavy atom. The van der Waals surface area contributed by atoms with Gasteiger partial charge < -0.3 is 9.47 Å². The number of esters is 1. The minimum absolute atomic E-state index is 0.0190. The molecule has 0 spiro atoms. The van der Waals surface area contributed by atoms with Gasteiger partial charge in [0.2, 0.25) is 0 Å². The Kier molecular flexibility index (Phi) is 8.93. The van der Waals surface area contributed by atoms with E-state index in [4.69, 9.17) is 9.47 Å². The molecule has 1 aliphatic heterocycles. The van der Waals surface area contributed by atoms with Gasteiger partial charge in [0.15, 0.2) is 4.80 Å². The van der Waals surface area contributed by atoms with Gasteiger partial charge >= 0.3 is 5.97 Å². The average molecular weight is 616 g/mol. The highest BCUT2D eigenvalue weighted by molar-refractivity contribution is 7.98. The topological polar surface area (TPSA) is 113 Å². The normalized spacial score (nSPS) is 14.8. The summed E-state index contributed by atoms with van der Waals surface area (Å²) in [4.78, 5) is 43.9. The molecule has 3 aromatic carbocycles. The monoisotopic (exact) mass is 615 g/mol. The van der Waals surface area contributed by atoms with E-state index < -0.39 is 16.9 Å². The second-order valence-corrected chi connectivity index (χ2v) is 12.0. The van der Waals surface area contributed by atoms with Crippen molar-refractivity contribution in [3.63, 3.8) is 0 Å². The average Bonchev–Trinajstić information content (AvgIpc) is 3.29. The molecule has 11 heteroatoms. The minimum Gasteiger partial charge on any atom is -0.489 e. The van der Waals surface area contributed by atoms with Crippen molar-refractivity contribution in [2.24, 2.45) is 4.99 Å². The minimum atomic E-state index is -0.683. The largest absolute Gasteiger partial charge is 0.489 e. The summed E-state index contributed by atoms with van der Waals surface area (Å²) < 4.78 is 13.5. The van der Waals surface area contributed by atoms with Crippen LogP contribution in [0.15, 0.2) is 98.7 Å². The Bertz CT molecular complexity index is 1890. The first-order valence-corrected chi connectivity index (χ1v) is 15.5. The van der Waals surface area contributed by atoms with Crippen LogP contribution in [0.25, 0.3) is 6.08 Å². The lowest BCUT2D eigenvalue weighted by Gasteiger charge is -2.25. The molecule has 0 saturated carbocycles. The van der Waals surface area contributed by atoms with Crippen LogP contribution < -0.4 is 19.6 Å². The summed E-state index contributed by atoms with van der Waals surface area (Å²) in [6.45, 7) is 5.57. The van der Waals surface area contributed by atoms with E-state index in [0.29, 0.717) is 26.4 Å². The SMILES string of the molecule is CSc1ccc([C@H]2C(C(=O)OC(C)C)=C(C)N=c3s/c(=C\c4cccc(OCc5ccc([N+](=O)[O-])cc5)c4)c(=O)n32)cc1. The van der Waals surface area contributed by atoms with Gasteiger partial charge in [-0.2, -0.15) is 0 Å². The van der Waals surface area contributed by atoms with Crippen LogP contribution in [-0.2, 0) is 16.1 Å². The molecule has 0 N–H and O–H groups in total. The predicted molar refractivity (Wildman–Crippen MR) is 167 cm³/mol. The van der Waals surface area contributed by atoms with Crippen LogP contribution in [0.1, 0.15) is 43.5 Å². The van der Waals surface area contributed by atoms with E-state index in [1.54, 1.807) is 61.4 Å². The fraction of sp³-hybridized carbons (Fsp3) is 0.219. The second-order valence-electron chi connectivity index (χ2n) is 10.1. The fourth-order valence-corrected chi connectivity index (χ4v) is 6.14. The third-order valence-electron chi connectivity index (χ3n) is 6.72. The molecule has 1 aliphatic rings. The number of nitrogens with zero attached hydrogens (tertiary/aromatic N) is 3. The van der Waals surface area contributed by atoms with Crippen LogP contribution >= 0.6 is 23.1 Å². The Morgan fingerprint density at radius 3 is 2.51 bits per heavy atom. The summed E-state index contributed by atoms with van der Waals surface area (Å²) in [6.07, 6.45) is 3.44. The van der Waals surface area contributed by atoms with Gasteiger partial charge in [-0.15, -0.1) is 11.8 Å². The summed E-state index contributed by atoms with van der Waals surface area (Å²) in [5.74, 6) is 0.0866. The Morgan fingerprint density at radius 2 is 1.86 bits per heavy atom. The number of allylic oxidation sites excluding steroid dienone is 1. The van der Waals surface area contributed by atoms with E-state index in [2.05, 4.69) is 4.99 Å². The molecule has 43 heavy (non-hydrogen) atoms. The molecule has 0 radical (unpaired) electrons. The highest BCUT2D eigenvalue weighted by Gasteiger charge is 2.33. The molecular weight excluding hydrogens is 587 g/mol. The molecule has 0 unspecified atom stereocenters. The molecule has 2 heterocycles. The summed E-state index contributed by atoms with van der Waals surface area (Å²) in [5, 5.41) is 10.9. The van der Waals surface area contributed by atoms with Crippen LogP contribution in [0.4, 0.5) is 5.69 Å². The number of nitro benzene ring substituents is 1. The Balaban J connectivity index is 1.50. The van der Waals surface area contributed by atoms with Crippen molar-refractivity contribution in [1.82, 2.24) is 4.57 Å². The maximum atomic E-state index is 13.9. The van der Waals surface area contributed by atoms with Crippen LogP contribution in [0, 0.1) is 10.1 Å². The van der Waals surface area contributed by atoms with Crippen LogP contribution in [0.5, 0.6) is 5.75 Å². The maximum absolute atomic E-state index is 13.9. The maximum Gasteiger partial charge on any atom is 0.338 e. The summed E-state index contributed by atoms with van der Waals surface area (Å²) in [6, 6.07) is 20.6. The summed E-state index contributed by atoms with van der Waals surface area (Å²) in [5.41, 5.74) is 2.94. The number of nitro groups is 1. The van der Waals surface area contributed by atoms with Crippen molar-refractivity contribution in [3.8, 4) is 5.75 Å². The van der Waals surface area contributed by atoms with Crippen LogP contribution in [-0.4, -0.2) is 27.8 Å². The molecule has 1 atom stereocenters. The van der Waals surface area contributed by atoms with Crippen LogP contribution in [0.2, 0.25) is 0 Å². The molecule has 5 rings (SSSR count).